The Morgan fingerprint density at radius 1 is 1.37 bits per heavy atom. The molecule has 3 rings (SSSR count). The fourth-order valence-electron chi connectivity index (χ4n) is 2.30. The zero-order valence-electron chi connectivity index (χ0n) is 10.6. The molecule has 98 valence electrons. The molecule has 2 N–H and O–H groups in total. The number of rotatable bonds is 5. The van der Waals surface area contributed by atoms with Crippen LogP contribution in [0.3, 0.4) is 0 Å². The number of pyridine rings is 1. The van der Waals surface area contributed by atoms with Gasteiger partial charge >= 0.3 is 5.97 Å². The van der Waals surface area contributed by atoms with Gasteiger partial charge in [-0.1, -0.05) is 31.0 Å². The van der Waals surface area contributed by atoms with E-state index < -0.39 is 5.97 Å². The quantitative estimate of drug-likeness (QED) is 0.862. The van der Waals surface area contributed by atoms with E-state index >= 15 is 0 Å². The molecule has 19 heavy (non-hydrogen) atoms. The fraction of sp³-hybridized carbons (Fsp3) is 0.333. The van der Waals surface area contributed by atoms with Gasteiger partial charge in [0.15, 0.2) is 0 Å². The lowest BCUT2D eigenvalue weighted by molar-refractivity contribution is 0.0697. The maximum absolute atomic E-state index is 11.3. The van der Waals surface area contributed by atoms with Crippen LogP contribution >= 0.6 is 0 Å². The smallest absolute Gasteiger partial charge is 0.339 e. The Bertz CT molecular complexity index is 621. The Labute approximate surface area is 111 Å². The first-order valence-electron chi connectivity index (χ1n) is 6.60. The number of hydrogen-bond donors (Lipinski definition) is 2. The van der Waals surface area contributed by atoms with Crippen molar-refractivity contribution in [2.75, 3.05) is 11.9 Å². The van der Waals surface area contributed by atoms with Crippen LogP contribution in [0.15, 0.2) is 30.5 Å². The third-order valence-corrected chi connectivity index (χ3v) is 3.56. The van der Waals surface area contributed by atoms with Crippen LogP contribution in [0.4, 0.5) is 5.69 Å². The lowest BCUT2D eigenvalue weighted by Gasteiger charge is -2.12. The molecule has 0 radical (unpaired) electrons. The molecule has 1 heterocycles. The van der Waals surface area contributed by atoms with E-state index in [0.29, 0.717) is 5.69 Å². The fourth-order valence-corrected chi connectivity index (χ4v) is 2.30. The highest BCUT2D eigenvalue weighted by molar-refractivity contribution is 6.04. The number of aromatic nitrogens is 1. The first-order valence-corrected chi connectivity index (χ1v) is 6.60. The van der Waals surface area contributed by atoms with Crippen molar-refractivity contribution in [3.63, 3.8) is 0 Å². The van der Waals surface area contributed by atoms with Crippen LogP contribution in [0.2, 0.25) is 0 Å². The molecule has 2 aromatic rings. The van der Waals surface area contributed by atoms with Crippen LogP contribution in [0.25, 0.3) is 10.9 Å². The number of nitrogens with one attached hydrogen (secondary N) is 1. The molecular weight excluding hydrogens is 240 g/mol. The Morgan fingerprint density at radius 2 is 2.16 bits per heavy atom. The Morgan fingerprint density at radius 3 is 2.89 bits per heavy atom. The first-order chi connectivity index (χ1) is 9.25. The first kappa shape index (κ1) is 12.0. The van der Waals surface area contributed by atoms with Gasteiger partial charge in [-0.15, -0.1) is 0 Å². The average molecular weight is 256 g/mol. The molecule has 0 unspecified atom stereocenters. The summed E-state index contributed by atoms with van der Waals surface area (Å²) in [7, 11) is 0. The van der Waals surface area contributed by atoms with Gasteiger partial charge in [-0.3, -0.25) is 4.98 Å². The molecule has 0 saturated heterocycles. The van der Waals surface area contributed by atoms with Crippen molar-refractivity contribution in [2.45, 2.75) is 19.3 Å². The van der Waals surface area contributed by atoms with E-state index in [1.807, 2.05) is 24.3 Å². The van der Waals surface area contributed by atoms with Crippen molar-refractivity contribution in [3.05, 3.63) is 36.0 Å². The Kier molecular flexibility index (Phi) is 3.07. The maximum Gasteiger partial charge on any atom is 0.339 e. The summed E-state index contributed by atoms with van der Waals surface area (Å²) in [5.74, 6) is -0.110. The highest BCUT2D eigenvalue weighted by atomic mass is 16.4. The molecule has 1 saturated carbocycles. The molecule has 4 nitrogen and oxygen atoms in total. The summed E-state index contributed by atoms with van der Waals surface area (Å²) < 4.78 is 0. The summed E-state index contributed by atoms with van der Waals surface area (Å²) in [6.07, 6.45) is 5.16. The topological polar surface area (TPSA) is 62.2 Å². The molecule has 4 heteroatoms. The van der Waals surface area contributed by atoms with Crippen molar-refractivity contribution >= 4 is 22.6 Å². The number of nitrogens with zero attached hydrogens (tertiary/aromatic N) is 1. The van der Waals surface area contributed by atoms with Gasteiger partial charge in [0.25, 0.3) is 0 Å². The number of carboxylic acids is 1. The van der Waals surface area contributed by atoms with Crippen LogP contribution in [-0.2, 0) is 0 Å². The molecule has 0 bridgehead atoms. The summed E-state index contributed by atoms with van der Waals surface area (Å²) >= 11 is 0. The van der Waals surface area contributed by atoms with E-state index in [0.717, 1.165) is 29.8 Å². The number of carbonyl (C=O) groups is 1. The molecule has 1 aromatic heterocycles. The number of hydrogen-bond acceptors (Lipinski definition) is 3. The summed E-state index contributed by atoms with van der Waals surface area (Å²) in [4.78, 5) is 15.5. The Hall–Kier alpha value is -2.10. The highest BCUT2D eigenvalue weighted by Gasteiger charge is 2.21. The molecule has 0 aliphatic heterocycles. The standard InChI is InChI=1S/C15H16N2O2/c18-15(19)12-9-17-13-4-2-1-3-11(13)14(12)16-8-7-10-5-6-10/h1-4,9-10H,5-8H2,(H,16,17)(H,18,19). The lowest BCUT2D eigenvalue weighted by atomic mass is 10.1. The number of anilines is 1. The van der Waals surface area contributed by atoms with Crippen LogP contribution in [0, 0.1) is 5.92 Å². The van der Waals surface area contributed by atoms with Gasteiger partial charge in [0.1, 0.15) is 5.56 Å². The second kappa shape index (κ2) is 4.88. The van der Waals surface area contributed by atoms with Gasteiger partial charge in [-0.25, -0.2) is 4.79 Å². The summed E-state index contributed by atoms with van der Waals surface area (Å²) in [6, 6.07) is 7.62. The Balaban J connectivity index is 1.95. The summed E-state index contributed by atoms with van der Waals surface area (Å²) in [5.41, 5.74) is 1.76. The third-order valence-electron chi connectivity index (χ3n) is 3.56. The third kappa shape index (κ3) is 2.52. The number of benzene rings is 1. The maximum atomic E-state index is 11.3. The van der Waals surface area contributed by atoms with Crippen molar-refractivity contribution in [1.29, 1.82) is 0 Å². The van der Waals surface area contributed by atoms with E-state index in [-0.39, 0.29) is 5.56 Å². The van der Waals surface area contributed by atoms with Crippen molar-refractivity contribution in [1.82, 2.24) is 4.98 Å². The van der Waals surface area contributed by atoms with Crippen molar-refractivity contribution in [2.24, 2.45) is 5.92 Å². The van der Waals surface area contributed by atoms with E-state index in [1.54, 1.807) is 0 Å². The van der Waals surface area contributed by atoms with Crippen molar-refractivity contribution in [3.8, 4) is 0 Å². The molecule has 1 aromatic carbocycles. The van der Waals surface area contributed by atoms with E-state index in [2.05, 4.69) is 10.3 Å². The molecule has 1 fully saturated rings. The van der Waals surface area contributed by atoms with Crippen LogP contribution in [0.1, 0.15) is 29.6 Å². The summed E-state index contributed by atoms with van der Waals surface area (Å²) in [5, 5.41) is 13.4. The average Bonchev–Trinajstić information content (AvgIpc) is 3.22. The number of fused-ring (bicyclic) bond motifs is 1. The van der Waals surface area contributed by atoms with E-state index in [9.17, 15) is 9.90 Å². The predicted molar refractivity (Wildman–Crippen MR) is 74.5 cm³/mol. The van der Waals surface area contributed by atoms with Crippen LogP contribution < -0.4 is 5.32 Å². The minimum atomic E-state index is -0.938. The minimum absolute atomic E-state index is 0.245. The second-order valence-corrected chi connectivity index (χ2v) is 5.03. The van der Waals surface area contributed by atoms with Gasteiger partial charge in [-0.05, 0) is 18.4 Å². The molecule has 1 aliphatic rings. The molecular formula is C15H16N2O2. The molecule has 0 atom stereocenters. The zero-order chi connectivity index (χ0) is 13.2. The second-order valence-electron chi connectivity index (χ2n) is 5.03. The minimum Gasteiger partial charge on any atom is -0.478 e. The predicted octanol–water partition coefficient (Wildman–Crippen LogP) is 3.15. The van der Waals surface area contributed by atoms with Crippen molar-refractivity contribution < 1.29 is 9.90 Å². The monoisotopic (exact) mass is 256 g/mol. The van der Waals surface area contributed by atoms with Gasteiger partial charge < -0.3 is 10.4 Å². The lowest BCUT2D eigenvalue weighted by Crippen LogP contribution is -2.09. The number of para-hydroxylation sites is 1. The normalized spacial score (nSPS) is 14.5. The highest BCUT2D eigenvalue weighted by Crippen LogP contribution is 2.33. The number of carboxylic acid groups (broad SMARTS) is 1. The molecule has 0 spiro atoms. The summed E-state index contributed by atoms with van der Waals surface area (Å²) in [6.45, 7) is 0.818. The van der Waals surface area contributed by atoms with Gasteiger partial charge in [0.05, 0.1) is 11.2 Å². The van der Waals surface area contributed by atoms with Gasteiger partial charge in [-0.2, -0.15) is 0 Å². The van der Waals surface area contributed by atoms with Crippen LogP contribution in [0.5, 0.6) is 0 Å². The van der Waals surface area contributed by atoms with Crippen LogP contribution in [-0.4, -0.2) is 22.6 Å². The molecule has 1 aliphatic carbocycles. The van der Waals surface area contributed by atoms with E-state index in [1.165, 1.54) is 19.0 Å². The largest absolute Gasteiger partial charge is 0.478 e. The van der Waals surface area contributed by atoms with Gasteiger partial charge in [0, 0.05) is 18.1 Å². The molecule has 0 amide bonds. The zero-order valence-corrected chi connectivity index (χ0v) is 10.6. The number of aromatic carboxylic acids is 1. The van der Waals surface area contributed by atoms with Gasteiger partial charge in [0.2, 0.25) is 0 Å². The van der Waals surface area contributed by atoms with E-state index in [4.69, 9.17) is 0 Å². The SMILES string of the molecule is O=C(O)c1cnc2ccccc2c1NCCC1CC1.